The van der Waals surface area contributed by atoms with Crippen LogP contribution in [0.4, 0.5) is 4.39 Å². The van der Waals surface area contributed by atoms with E-state index in [1.165, 1.54) is 12.1 Å². The molecule has 0 bridgehead atoms. The van der Waals surface area contributed by atoms with Crippen molar-refractivity contribution >= 4 is 33.7 Å². The quantitative estimate of drug-likeness (QED) is 0.703. The Morgan fingerprint density at radius 3 is 2.59 bits per heavy atom. The van der Waals surface area contributed by atoms with Crippen LogP contribution >= 0.6 is 15.9 Å². The van der Waals surface area contributed by atoms with Crippen molar-refractivity contribution in [2.75, 3.05) is 6.54 Å². The van der Waals surface area contributed by atoms with E-state index in [4.69, 9.17) is 5.11 Å². The SMILES string of the molecule is O=C(CCNC(=O)c1cc(F)ccc1Br)NC1(C(=O)O)CC1. The predicted molar refractivity (Wildman–Crippen MR) is 78.8 cm³/mol. The van der Waals surface area contributed by atoms with Crippen LogP contribution < -0.4 is 10.6 Å². The number of aliphatic carboxylic acids is 1. The molecule has 1 aromatic carbocycles. The van der Waals surface area contributed by atoms with E-state index in [0.717, 1.165) is 6.07 Å². The van der Waals surface area contributed by atoms with E-state index in [1.807, 2.05) is 0 Å². The van der Waals surface area contributed by atoms with Gasteiger partial charge in [0.05, 0.1) is 5.56 Å². The highest BCUT2D eigenvalue weighted by molar-refractivity contribution is 9.10. The summed E-state index contributed by atoms with van der Waals surface area (Å²) in [5, 5.41) is 13.9. The molecular formula is C14H14BrFN2O4. The number of benzene rings is 1. The zero-order chi connectivity index (χ0) is 16.3. The van der Waals surface area contributed by atoms with Crippen molar-refractivity contribution in [2.24, 2.45) is 0 Å². The molecule has 0 radical (unpaired) electrons. The van der Waals surface area contributed by atoms with Crippen LogP contribution in [0.5, 0.6) is 0 Å². The van der Waals surface area contributed by atoms with Crippen LogP contribution in [0.25, 0.3) is 0 Å². The average molecular weight is 373 g/mol. The topological polar surface area (TPSA) is 95.5 Å². The first kappa shape index (κ1) is 16.4. The minimum Gasteiger partial charge on any atom is -0.480 e. The van der Waals surface area contributed by atoms with Crippen molar-refractivity contribution in [2.45, 2.75) is 24.8 Å². The Labute approximate surface area is 134 Å². The van der Waals surface area contributed by atoms with Crippen LogP contribution in [0.3, 0.4) is 0 Å². The molecule has 1 aromatic rings. The van der Waals surface area contributed by atoms with Crippen molar-refractivity contribution in [1.82, 2.24) is 10.6 Å². The van der Waals surface area contributed by atoms with Gasteiger partial charge in [0.1, 0.15) is 11.4 Å². The highest BCUT2D eigenvalue weighted by Crippen LogP contribution is 2.35. The molecule has 1 fully saturated rings. The first-order valence-corrected chi connectivity index (χ1v) is 7.41. The molecule has 6 nitrogen and oxygen atoms in total. The maximum atomic E-state index is 13.1. The molecule has 22 heavy (non-hydrogen) atoms. The maximum absolute atomic E-state index is 13.1. The number of carbonyl (C=O) groups is 3. The molecule has 0 heterocycles. The van der Waals surface area contributed by atoms with Crippen molar-refractivity contribution in [3.63, 3.8) is 0 Å². The number of carboxylic acid groups (broad SMARTS) is 1. The lowest BCUT2D eigenvalue weighted by Crippen LogP contribution is -2.44. The second kappa shape index (κ2) is 6.43. The van der Waals surface area contributed by atoms with Gasteiger partial charge in [0, 0.05) is 17.4 Å². The van der Waals surface area contributed by atoms with Crippen LogP contribution in [0, 0.1) is 5.82 Å². The predicted octanol–water partition coefficient (Wildman–Crippen LogP) is 1.44. The summed E-state index contributed by atoms with van der Waals surface area (Å²) in [6.45, 7) is 0.0311. The van der Waals surface area contributed by atoms with Gasteiger partial charge in [0.25, 0.3) is 5.91 Å². The normalized spacial score (nSPS) is 15.0. The minimum absolute atomic E-state index is 0.0311. The highest BCUT2D eigenvalue weighted by atomic mass is 79.9. The summed E-state index contributed by atoms with van der Waals surface area (Å²) in [5.41, 5.74) is -1.00. The average Bonchev–Trinajstić information content (AvgIpc) is 3.22. The standard InChI is InChI=1S/C14H14BrFN2O4/c15-10-2-1-8(16)7-9(10)12(20)17-6-3-11(19)18-14(4-5-14)13(21)22/h1-2,7H,3-6H2,(H,17,20)(H,18,19)(H,21,22). The Morgan fingerprint density at radius 1 is 1.32 bits per heavy atom. The third-order valence-corrected chi connectivity index (χ3v) is 4.04. The second-order valence-electron chi connectivity index (χ2n) is 5.07. The molecule has 2 rings (SSSR count). The Balaban J connectivity index is 1.81. The van der Waals surface area contributed by atoms with E-state index in [9.17, 15) is 18.8 Å². The van der Waals surface area contributed by atoms with E-state index >= 15 is 0 Å². The summed E-state index contributed by atoms with van der Waals surface area (Å²) < 4.78 is 13.5. The van der Waals surface area contributed by atoms with Gasteiger partial charge in [0.15, 0.2) is 0 Å². The van der Waals surface area contributed by atoms with Crippen molar-refractivity contribution in [3.8, 4) is 0 Å². The van der Waals surface area contributed by atoms with Crippen LogP contribution in [0.1, 0.15) is 29.6 Å². The van der Waals surface area contributed by atoms with Crippen molar-refractivity contribution in [1.29, 1.82) is 0 Å². The number of rotatable bonds is 6. The largest absolute Gasteiger partial charge is 0.480 e. The summed E-state index contributed by atoms with van der Waals surface area (Å²) >= 11 is 3.14. The molecule has 1 aliphatic carbocycles. The maximum Gasteiger partial charge on any atom is 0.329 e. The van der Waals surface area contributed by atoms with Gasteiger partial charge in [-0.05, 0) is 47.0 Å². The number of carbonyl (C=O) groups excluding carboxylic acids is 2. The minimum atomic E-state index is -1.13. The van der Waals surface area contributed by atoms with Crippen LogP contribution in [0.15, 0.2) is 22.7 Å². The Hall–Kier alpha value is -1.96. The summed E-state index contributed by atoms with van der Waals surface area (Å²) in [6, 6.07) is 3.72. The number of amides is 2. The van der Waals surface area contributed by atoms with E-state index in [1.54, 1.807) is 0 Å². The molecule has 118 valence electrons. The summed E-state index contributed by atoms with van der Waals surface area (Å²) in [5.74, 6) is -2.55. The van der Waals surface area contributed by atoms with Gasteiger partial charge in [-0.1, -0.05) is 0 Å². The van der Waals surface area contributed by atoms with Gasteiger partial charge >= 0.3 is 5.97 Å². The van der Waals surface area contributed by atoms with Gasteiger partial charge in [0.2, 0.25) is 5.91 Å². The fraction of sp³-hybridized carbons (Fsp3) is 0.357. The lowest BCUT2D eigenvalue weighted by Gasteiger charge is -2.12. The number of hydrogen-bond donors (Lipinski definition) is 3. The molecule has 0 spiro atoms. The van der Waals surface area contributed by atoms with Crippen molar-refractivity contribution < 1.29 is 23.9 Å². The molecule has 0 atom stereocenters. The first-order chi connectivity index (χ1) is 10.3. The van der Waals surface area contributed by atoms with Gasteiger partial charge in [-0.2, -0.15) is 0 Å². The van der Waals surface area contributed by atoms with Crippen LogP contribution in [-0.4, -0.2) is 35.0 Å². The zero-order valence-corrected chi connectivity index (χ0v) is 13.1. The molecule has 3 N–H and O–H groups in total. The number of hydrogen-bond acceptors (Lipinski definition) is 3. The smallest absolute Gasteiger partial charge is 0.329 e. The first-order valence-electron chi connectivity index (χ1n) is 6.62. The molecule has 1 aliphatic rings. The van der Waals surface area contributed by atoms with Gasteiger partial charge in [-0.3, -0.25) is 9.59 Å². The highest BCUT2D eigenvalue weighted by Gasteiger charge is 2.51. The van der Waals surface area contributed by atoms with Crippen LogP contribution in [0.2, 0.25) is 0 Å². The molecule has 0 unspecified atom stereocenters. The van der Waals surface area contributed by atoms with Crippen molar-refractivity contribution in [3.05, 3.63) is 34.1 Å². The molecule has 1 saturated carbocycles. The number of halogens is 2. The van der Waals surface area contributed by atoms with Gasteiger partial charge in [-0.25, -0.2) is 9.18 Å². The lowest BCUT2D eigenvalue weighted by atomic mass is 10.2. The van der Waals surface area contributed by atoms with E-state index in [-0.39, 0.29) is 18.5 Å². The van der Waals surface area contributed by atoms with E-state index < -0.39 is 29.1 Å². The third kappa shape index (κ3) is 3.82. The molecule has 0 saturated heterocycles. The summed E-state index contributed by atoms with van der Waals surface area (Å²) in [7, 11) is 0. The number of nitrogens with one attached hydrogen (secondary N) is 2. The lowest BCUT2D eigenvalue weighted by molar-refractivity contribution is -0.143. The molecule has 8 heteroatoms. The fourth-order valence-corrected chi connectivity index (χ4v) is 2.33. The number of carboxylic acids is 1. The zero-order valence-electron chi connectivity index (χ0n) is 11.5. The fourth-order valence-electron chi connectivity index (χ4n) is 1.90. The molecule has 0 aromatic heterocycles. The monoisotopic (exact) mass is 372 g/mol. The van der Waals surface area contributed by atoms with Crippen LogP contribution in [-0.2, 0) is 9.59 Å². The molecule has 2 amide bonds. The Kier molecular flexibility index (Phi) is 4.80. The molecular weight excluding hydrogens is 359 g/mol. The Morgan fingerprint density at radius 2 is 2.00 bits per heavy atom. The third-order valence-electron chi connectivity index (χ3n) is 3.35. The van der Waals surface area contributed by atoms with E-state index in [2.05, 4.69) is 26.6 Å². The second-order valence-corrected chi connectivity index (χ2v) is 5.92. The Bertz CT molecular complexity index is 631. The summed E-state index contributed by atoms with van der Waals surface area (Å²) in [4.78, 5) is 34.4. The van der Waals surface area contributed by atoms with Gasteiger partial charge < -0.3 is 15.7 Å². The van der Waals surface area contributed by atoms with E-state index in [0.29, 0.717) is 17.3 Å². The summed E-state index contributed by atoms with van der Waals surface area (Å²) in [6.07, 6.45) is 0.779. The molecule has 0 aliphatic heterocycles. The van der Waals surface area contributed by atoms with Gasteiger partial charge in [-0.15, -0.1) is 0 Å².